The summed E-state index contributed by atoms with van der Waals surface area (Å²) in [5.41, 5.74) is 10.7. The first-order chi connectivity index (χ1) is 15.9. The average molecular weight is 449 g/mol. The number of rotatable bonds is 5. The molecule has 2 saturated heterocycles. The van der Waals surface area contributed by atoms with Crippen LogP contribution in [0.1, 0.15) is 29.2 Å². The van der Waals surface area contributed by atoms with Crippen LogP contribution < -0.4 is 20.9 Å². The molecular formula is C24H28N6O3. The maximum Gasteiger partial charge on any atom is 0.340 e. The molecule has 0 saturated carbocycles. The highest BCUT2D eigenvalue weighted by Gasteiger charge is 2.48. The predicted octanol–water partition coefficient (Wildman–Crippen LogP) is 2.62. The third-order valence-electron chi connectivity index (χ3n) is 6.42. The number of amides is 3. The van der Waals surface area contributed by atoms with Crippen molar-refractivity contribution < 1.29 is 14.3 Å². The van der Waals surface area contributed by atoms with Crippen LogP contribution >= 0.6 is 0 Å². The molecule has 2 fully saturated rings. The summed E-state index contributed by atoms with van der Waals surface area (Å²) in [6.07, 6.45) is 4.18. The Kier molecular flexibility index (Phi) is 5.43. The summed E-state index contributed by atoms with van der Waals surface area (Å²) in [6, 6.07) is 13.8. The van der Waals surface area contributed by atoms with Gasteiger partial charge in [0.15, 0.2) is 0 Å². The maximum atomic E-state index is 13.0. The number of nitrogens with zero attached hydrogens (tertiary/aromatic N) is 3. The van der Waals surface area contributed by atoms with Gasteiger partial charge in [-0.2, -0.15) is 0 Å². The molecule has 0 aliphatic carbocycles. The zero-order chi connectivity index (χ0) is 23.1. The second kappa shape index (κ2) is 8.42. The highest BCUT2D eigenvalue weighted by atomic mass is 16.5. The summed E-state index contributed by atoms with van der Waals surface area (Å²) in [7, 11) is 1.65. The van der Waals surface area contributed by atoms with Crippen molar-refractivity contribution in [3.05, 3.63) is 71.6 Å². The number of carbonyl (C=O) groups is 2. The van der Waals surface area contributed by atoms with Gasteiger partial charge >= 0.3 is 6.03 Å². The van der Waals surface area contributed by atoms with Crippen molar-refractivity contribution in [3.8, 4) is 5.75 Å². The quantitative estimate of drug-likeness (QED) is 0.652. The van der Waals surface area contributed by atoms with Gasteiger partial charge < -0.3 is 15.1 Å². The van der Waals surface area contributed by atoms with Crippen molar-refractivity contribution in [1.82, 2.24) is 25.8 Å². The van der Waals surface area contributed by atoms with Gasteiger partial charge in [-0.05, 0) is 55.2 Å². The Morgan fingerprint density at radius 3 is 2.67 bits per heavy atom. The first-order valence-electron chi connectivity index (χ1n) is 11.0. The minimum absolute atomic E-state index is 0.0260. The summed E-state index contributed by atoms with van der Waals surface area (Å²) < 4.78 is 5.25. The minimum Gasteiger partial charge on any atom is -0.497 e. The normalized spacial score (nSPS) is 23.5. The van der Waals surface area contributed by atoms with E-state index in [0.717, 1.165) is 34.5 Å². The molecule has 3 heterocycles. The number of carbonyl (C=O) groups excluding carboxylic acids is 2. The van der Waals surface area contributed by atoms with Crippen molar-refractivity contribution in [2.24, 2.45) is 0 Å². The van der Waals surface area contributed by atoms with Crippen molar-refractivity contribution in [3.63, 3.8) is 0 Å². The molecule has 3 atom stereocenters. The molecule has 3 unspecified atom stereocenters. The SMILES string of the molecule is COc1ccc(C2CC3C4NN(CC(=O)Nc5cc(C)ccc5C)C(=O)N4C=CN3N2)cc1. The van der Waals surface area contributed by atoms with E-state index in [0.29, 0.717) is 0 Å². The van der Waals surface area contributed by atoms with Crippen LogP contribution in [-0.4, -0.2) is 52.7 Å². The zero-order valence-electron chi connectivity index (χ0n) is 18.9. The van der Waals surface area contributed by atoms with Crippen LogP contribution in [0.2, 0.25) is 0 Å². The van der Waals surface area contributed by atoms with Gasteiger partial charge in [-0.1, -0.05) is 24.3 Å². The highest BCUT2D eigenvalue weighted by Crippen LogP contribution is 2.35. The topological polar surface area (TPSA) is 89.2 Å². The molecule has 172 valence electrons. The monoisotopic (exact) mass is 448 g/mol. The van der Waals surface area contributed by atoms with Crippen molar-refractivity contribution in [1.29, 1.82) is 0 Å². The molecule has 3 N–H and O–H groups in total. The van der Waals surface area contributed by atoms with E-state index in [4.69, 9.17) is 4.74 Å². The lowest BCUT2D eigenvalue weighted by Crippen LogP contribution is -2.54. The molecule has 9 heteroatoms. The van der Waals surface area contributed by atoms with Gasteiger partial charge in [-0.15, -0.1) is 0 Å². The summed E-state index contributed by atoms with van der Waals surface area (Å²) >= 11 is 0. The summed E-state index contributed by atoms with van der Waals surface area (Å²) in [5.74, 6) is 0.573. The van der Waals surface area contributed by atoms with Crippen molar-refractivity contribution >= 4 is 17.6 Å². The van der Waals surface area contributed by atoms with Crippen LogP contribution in [0.5, 0.6) is 5.75 Å². The van der Waals surface area contributed by atoms with Gasteiger partial charge in [0, 0.05) is 18.1 Å². The van der Waals surface area contributed by atoms with E-state index in [1.807, 2.05) is 67.5 Å². The Bertz CT molecular complexity index is 1100. The Labute approximate surface area is 192 Å². The van der Waals surface area contributed by atoms with Gasteiger partial charge in [-0.3, -0.25) is 9.69 Å². The smallest absolute Gasteiger partial charge is 0.340 e. The summed E-state index contributed by atoms with van der Waals surface area (Å²) in [6.45, 7) is 3.85. The molecule has 3 amide bonds. The fourth-order valence-corrected chi connectivity index (χ4v) is 4.59. The van der Waals surface area contributed by atoms with Crippen LogP contribution in [0.4, 0.5) is 10.5 Å². The molecule has 3 aliphatic rings. The second-order valence-electron chi connectivity index (χ2n) is 8.68. The molecule has 5 rings (SSSR count). The van der Waals surface area contributed by atoms with E-state index in [9.17, 15) is 9.59 Å². The van der Waals surface area contributed by atoms with E-state index in [-0.39, 0.29) is 36.7 Å². The van der Waals surface area contributed by atoms with Crippen LogP contribution in [0, 0.1) is 13.8 Å². The Morgan fingerprint density at radius 1 is 1.12 bits per heavy atom. The number of hydrazine groups is 2. The van der Waals surface area contributed by atoms with Gasteiger partial charge in [0.2, 0.25) is 5.91 Å². The predicted molar refractivity (Wildman–Crippen MR) is 124 cm³/mol. The number of urea groups is 1. The molecule has 0 spiro atoms. The van der Waals surface area contributed by atoms with E-state index in [1.54, 1.807) is 18.2 Å². The molecule has 0 bridgehead atoms. The number of methoxy groups -OCH3 is 1. The third kappa shape index (κ3) is 4.01. The second-order valence-corrected chi connectivity index (χ2v) is 8.68. The first-order valence-corrected chi connectivity index (χ1v) is 11.0. The molecule has 2 aromatic carbocycles. The summed E-state index contributed by atoms with van der Waals surface area (Å²) in [5, 5.41) is 6.35. The average Bonchev–Trinajstić information content (AvgIpc) is 3.38. The Morgan fingerprint density at radius 2 is 1.91 bits per heavy atom. The number of aryl methyl sites for hydroxylation is 2. The molecule has 3 aliphatic heterocycles. The fourth-order valence-electron chi connectivity index (χ4n) is 4.59. The zero-order valence-corrected chi connectivity index (χ0v) is 18.9. The van der Waals surface area contributed by atoms with Crippen LogP contribution in [0.3, 0.4) is 0 Å². The highest BCUT2D eigenvalue weighted by molar-refractivity contribution is 5.95. The first kappa shape index (κ1) is 21.3. The molecule has 0 radical (unpaired) electrons. The Hall–Kier alpha value is -3.56. The number of anilines is 1. The number of nitrogens with one attached hydrogen (secondary N) is 3. The Balaban J connectivity index is 1.25. The standard InChI is InChI=1S/C24H28N6O3/c1-15-4-5-16(2)19(12-15)25-22(31)14-30-24(32)28-10-11-29-21(23(28)27-30)13-20(26-29)17-6-8-18(33-3)9-7-17/h4-12,20-21,23,26-27H,13-14H2,1-3H3,(H,25,31). The number of fused-ring (bicyclic) bond motifs is 3. The fraction of sp³-hybridized carbons (Fsp3) is 0.333. The molecule has 33 heavy (non-hydrogen) atoms. The molecular weight excluding hydrogens is 420 g/mol. The van der Waals surface area contributed by atoms with E-state index in [1.165, 1.54) is 5.01 Å². The number of benzene rings is 2. The number of hydrogen-bond acceptors (Lipinski definition) is 6. The molecule has 0 aromatic heterocycles. The minimum atomic E-state index is -0.258. The maximum absolute atomic E-state index is 13.0. The van der Waals surface area contributed by atoms with Gasteiger partial charge in [0.25, 0.3) is 0 Å². The van der Waals surface area contributed by atoms with Crippen LogP contribution in [0.25, 0.3) is 0 Å². The largest absolute Gasteiger partial charge is 0.497 e. The van der Waals surface area contributed by atoms with E-state index in [2.05, 4.69) is 16.2 Å². The lowest BCUT2D eigenvalue weighted by molar-refractivity contribution is -0.117. The number of ether oxygens (including phenoxy) is 1. The molecule has 9 nitrogen and oxygen atoms in total. The lowest BCUT2D eigenvalue weighted by atomic mass is 10.00. The van der Waals surface area contributed by atoms with Crippen LogP contribution in [0.15, 0.2) is 54.9 Å². The summed E-state index contributed by atoms with van der Waals surface area (Å²) in [4.78, 5) is 27.3. The lowest BCUT2D eigenvalue weighted by Gasteiger charge is -2.34. The van der Waals surface area contributed by atoms with Crippen molar-refractivity contribution in [2.45, 2.75) is 38.5 Å². The van der Waals surface area contributed by atoms with Gasteiger partial charge in [-0.25, -0.2) is 20.7 Å². The van der Waals surface area contributed by atoms with E-state index < -0.39 is 0 Å². The van der Waals surface area contributed by atoms with Crippen LogP contribution in [-0.2, 0) is 4.79 Å². The number of hydrogen-bond donors (Lipinski definition) is 3. The van der Waals surface area contributed by atoms with E-state index >= 15 is 0 Å². The van der Waals surface area contributed by atoms with Gasteiger partial charge in [0.05, 0.1) is 19.2 Å². The third-order valence-corrected chi connectivity index (χ3v) is 6.42. The van der Waals surface area contributed by atoms with Gasteiger partial charge in [0.1, 0.15) is 18.5 Å². The molecule has 2 aromatic rings. The van der Waals surface area contributed by atoms with Crippen molar-refractivity contribution in [2.75, 3.05) is 19.0 Å².